The average Bonchev–Trinajstić information content (AvgIpc) is 2.81. The van der Waals surface area contributed by atoms with Gasteiger partial charge in [0.15, 0.2) is 0 Å². The Kier molecular flexibility index (Phi) is 3.47. The summed E-state index contributed by atoms with van der Waals surface area (Å²) in [4.78, 5) is 35.1. The van der Waals surface area contributed by atoms with Crippen molar-refractivity contribution in [3.05, 3.63) is 16.8 Å². The standard InChI is InChI=1S/C10H11N3O4S/c14-8-4-13(7(3-11-8)9(15)16)10(17)12-6-1-2-18-5-6/h1-2,5,7H,3-4H2,(H,11,14)(H,12,17)(H,15,16). The number of carbonyl (C=O) groups is 3. The number of anilines is 1. The molecule has 2 rings (SSSR count). The van der Waals surface area contributed by atoms with Crippen molar-refractivity contribution in [2.24, 2.45) is 0 Å². The van der Waals surface area contributed by atoms with E-state index in [0.717, 1.165) is 4.90 Å². The second-order valence-electron chi connectivity index (χ2n) is 3.73. The minimum atomic E-state index is -1.14. The molecule has 0 aliphatic carbocycles. The number of rotatable bonds is 2. The number of thiophene rings is 1. The van der Waals surface area contributed by atoms with Crippen molar-refractivity contribution in [3.8, 4) is 0 Å². The van der Waals surface area contributed by atoms with E-state index in [1.165, 1.54) is 11.3 Å². The summed E-state index contributed by atoms with van der Waals surface area (Å²) in [5, 5.41) is 17.5. The quantitative estimate of drug-likeness (QED) is 0.712. The van der Waals surface area contributed by atoms with E-state index in [9.17, 15) is 14.4 Å². The fraction of sp³-hybridized carbons (Fsp3) is 0.300. The van der Waals surface area contributed by atoms with Gasteiger partial charge in [-0.15, -0.1) is 0 Å². The molecule has 7 nitrogen and oxygen atoms in total. The van der Waals surface area contributed by atoms with Crippen molar-refractivity contribution in [2.45, 2.75) is 6.04 Å². The number of urea groups is 1. The van der Waals surface area contributed by atoms with Gasteiger partial charge in [-0.25, -0.2) is 9.59 Å². The third kappa shape index (κ3) is 2.59. The molecule has 1 fully saturated rings. The smallest absolute Gasteiger partial charge is 0.328 e. The first-order chi connectivity index (χ1) is 8.58. The summed E-state index contributed by atoms with van der Waals surface area (Å²) in [5.74, 6) is -1.51. The molecule has 1 aliphatic heterocycles. The molecule has 1 atom stereocenters. The Balaban J connectivity index is 2.09. The highest BCUT2D eigenvalue weighted by atomic mass is 32.1. The summed E-state index contributed by atoms with van der Waals surface area (Å²) in [7, 11) is 0. The molecule has 3 N–H and O–H groups in total. The number of carboxylic acid groups (broad SMARTS) is 1. The van der Waals surface area contributed by atoms with Crippen LogP contribution in [0.5, 0.6) is 0 Å². The number of amides is 3. The first-order valence-electron chi connectivity index (χ1n) is 5.17. The number of nitrogens with zero attached hydrogens (tertiary/aromatic N) is 1. The first kappa shape index (κ1) is 12.4. The van der Waals surface area contributed by atoms with Crippen molar-refractivity contribution in [1.29, 1.82) is 0 Å². The molecule has 0 radical (unpaired) electrons. The lowest BCUT2D eigenvalue weighted by Gasteiger charge is -2.32. The van der Waals surface area contributed by atoms with Crippen LogP contribution in [0.4, 0.5) is 10.5 Å². The van der Waals surface area contributed by atoms with Crippen LogP contribution in [0, 0.1) is 0 Å². The lowest BCUT2D eigenvalue weighted by Crippen LogP contribution is -2.60. The molecule has 2 heterocycles. The van der Waals surface area contributed by atoms with Crippen LogP contribution in [0.25, 0.3) is 0 Å². The highest BCUT2D eigenvalue weighted by Gasteiger charge is 2.35. The van der Waals surface area contributed by atoms with E-state index < -0.39 is 18.0 Å². The molecule has 0 saturated carbocycles. The third-order valence-electron chi connectivity index (χ3n) is 2.50. The summed E-state index contributed by atoms with van der Waals surface area (Å²) in [5.41, 5.74) is 0.583. The Morgan fingerprint density at radius 2 is 2.33 bits per heavy atom. The largest absolute Gasteiger partial charge is 0.480 e. The number of piperazine rings is 1. The van der Waals surface area contributed by atoms with Gasteiger partial charge in [-0.3, -0.25) is 9.69 Å². The van der Waals surface area contributed by atoms with Crippen molar-refractivity contribution in [1.82, 2.24) is 10.2 Å². The van der Waals surface area contributed by atoms with Gasteiger partial charge in [0.1, 0.15) is 12.6 Å². The van der Waals surface area contributed by atoms with E-state index in [2.05, 4.69) is 10.6 Å². The highest BCUT2D eigenvalue weighted by Crippen LogP contribution is 2.14. The lowest BCUT2D eigenvalue weighted by molar-refractivity contribution is -0.144. The van der Waals surface area contributed by atoms with Crippen LogP contribution < -0.4 is 10.6 Å². The van der Waals surface area contributed by atoms with E-state index >= 15 is 0 Å². The summed E-state index contributed by atoms with van der Waals surface area (Å²) in [6.45, 7) is -0.335. The summed E-state index contributed by atoms with van der Waals surface area (Å²) in [6, 6.07) is 0.0690. The van der Waals surface area contributed by atoms with Gasteiger partial charge < -0.3 is 15.7 Å². The summed E-state index contributed by atoms with van der Waals surface area (Å²) < 4.78 is 0. The Labute approximate surface area is 106 Å². The lowest BCUT2D eigenvalue weighted by atomic mass is 10.2. The molecule has 3 amide bonds. The van der Waals surface area contributed by atoms with Gasteiger partial charge in [0, 0.05) is 11.9 Å². The average molecular weight is 269 g/mol. The molecule has 1 aliphatic rings. The molecular formula is C10H11N3O4S. The Morgan fingerprint density at radius 1 is 1.56 bits per heavy atom. The number of hydrogen-bond acceptors (Lipinski definition) is 4. The normalized spacial score (nSPS) is 19.2. The van der Waals surface area contributed by atoms with E-state index in [0.29, 0.717) is 5.69 Å². The zero-order valence-corrected chi connectivity index (χ0v) is 10.1. The van der Waals surface area contributed by atoms with E-state index in [1.807, 2.05) is 0 Å². The van der Waals surface area contributed by atoms with Gasteiger partial charge in [0.2, 0.25) is 5.91 Å². The fourth-order valence-corrected chi connectivity index (χ4v) is 2.19. The number of nitrogens with one attached hydrogen (secondary N) is 2. The van der Waals surface area contributed by atoms with Gasteiger partial charge in [-0.05, 0) is 11.4 Å². The van der Waals surface area contributed by atoms with Crippen LogP contribution in [-0.2, 0) is 9.59 Å². The number of aliphatic carboxylic acids is 1. The van der Waals surface area contributed by atoms with Crippen LogP contribution in [0.2, 0.25) is 0 Å². The van der Waals surface area contributed by atoms with Crippen LogP contribution in [0.1, 0.15) is 0 Å². The zero-order valence-electron chi connectivity index (χ0n) is 9.25. The van der Waals surface area contributed by atoms with Gasteiger partial charge in [-0.1, -0.05) is 0 Å². The maximum atomic E-state index is 11.9. The molecule has 0 spiro atoms. The SMILES string of the molecule is O=C1CN(C(=O)Nc2ccsc2)C(C(=O)O)CN1. The van der Waals surface area contributed by atoms with Gasteiger partial charge in [0.05, 0.1) is 5.69 Å². The van der Waals surface area contributed by atoms with Crippen LogP contribution in [0.15, 0.2) is 16.8 Å². The molecule has 1 aromatic rings. The minimum absolute atomic E-state index is 0.0782. The molecule has 18 heavy (non-hydrogen) atoms. The van der Waals surface area contributed by atoms with Gasteiger partial charge in [0.25, 0.3) is 0 Å². The third-order valence-corrected chi connectivity index (χ3v) is 3.18. The molecule has 1 saturated heterocycles. The number of hydrogen-bond donors (Lipinski definition) is 3. The monoisotopic (exact) mass is 269 g/mol. The molecule has 0 aromatic carbocycles. The molecule has 8 heteroatoms. The van der Waals surface area contributed by atoms with E-state index in [-0.39, 0.29) is 19.0 Å². The van der Waals surface area contributed by atoms with Crippen molar-refractivity contribution < 1.29 is 19.5 Å². The van der Waals surface area contributed by atoms with Gasteiger partial charge >= 0.3 is 12.0 Å². The van der Waals surface area contributed by atoms with Crippen LogP contribution in [-0.4, -0.2) is 47.0 Å². The zero-order chi connectivity index (χ0) is 13.1. The Morgan fingerprint density at radius 3 is 2.94 bits per heavy atom. The Hall–Kier alpha value is -2.09. The maximum absolute atomic E-state index is 11.9. The predicted molar refractivity (Wildman–Crippen MR) is 64.5 cm³/mol. The molecule has 0 bridgehead atoms. The second-order valence-corrected chi connectivity index (χ2v) is 4.51. The second kappa shape index (κ2) is 5.05. The van der Waals surface area contributed by atoms with Crippen LogP contribution in [0.3, 0.4) is 0 Å². The molecule has 96 valence electrons. The predicted octanol–water partition coefficient (Wildman–Crippen LogP) is 0.165. The number of carbonyl (C=O) groups excluding carboxylic acids is 2. The topological polar surface area (TPSA) is 98.7 Å². The maximum Gasteiger partial charge on any atom is 0.328 e. The molecule has 1 aromatic heterocycles. The van der Waals surface area contributed by atoms with Crippen LogP contribution >= 0.6 is 11.3 Å². The fourth-order valence-electron chi connectivity index (χ4n) is 1.61. The summed E-state index contributed by atoms with van der Waals surface area (Å²) >= 11 is 1.41. The first-order valence-corrected chi connectivity index (χ1v) is 6.11. The van der Waals surface area contributed by atoms with E-state index in [1.54, 1.807) is 16.8 Å². The Bertz CT molecular complexity index is 473. The van der Waals surface area contributed by atoms with Crippen molar-refractivity contribution in [3.63, 3.8) is 0 Å². The van der Waals surface area contributed by atoms with Gasteiger partial charge in [-0.2, -0.15) is 11.3 Å². The number of carboxylic acids is 1. The summed E-state index contributed by atoms with van der Waals surface area (Å²) in [6.07, 6.45) is 0. The molecular weight excluding hydrogens is 258 g/mol. The molecule has 1 unspecified atom stereocenters. The van der Waals surface area contributed by atoms with E-state index in [4.69, 9.17) is 5.11 Å². The van der Waals surface area contributed by atoms with Crippen molar-refractivity contribution in [2.75, 3.05) is 18.4 Å². The highest BCUT2D eigenvalue weighted by molar-refractivity contribution is 7.08. The van der Waals surface area contributed by atoms with Crippen molar-refractivity contribution >= 4 is 34.9 Å². The minimum Gasteiger partial charge on any atom is -0.480 e.